The van der Waals surface area contributed by atoms with Gasteiger partial charge in [-0.05, 0) is 30.3 Å². The fraction of sp³-hybridized carbons (Fsp3) is 0.524. The zero-order valence-electron chi connectivity index (χ0n) is 18.3. The Kier molecular flexibility index (Phi) is 7.37. The molecule has 2 fully saturated rings. The monoisotopic (exact) mass is 482 g/mol. The summed E-state index contributed by atoms with van der Waals surface area (Å²) >= 11 is 0. The van der Waals surface area contributed by atoms with Crippen LogP contribution in [0.25, 0.3) is 0 Å². The largest absolute Gasteiger partial charge is 0.395 e. The van der Waals surface area contributed by atoms with Crippen LogP contribution in [-0.4, -0.2) is 98.4 Å². The highest BCUT2D eigenvalue weighted by atomic mass is 32.2. The number of β-amino-alcohol motifs (C(OH)–C–C–N with tert-alkyl or cyclic N) is 1. The molecule has 0 aliphatic carbocycles. The van der Waals surface area contributed by atoms with Crippen molar-refractivity contribution in [2.75, 3.05) is 75.3 Å². The van der Waals surface area contributed by atoms with Gasteiger partial charge in [0.15, 0.2) is 11.6 Å². The van der Waals surface area contributed by atoms with Crippen molar-refractivity contribution >= 4 is 21.7 Å². The Labute approximate surface area is 192 Å². The number of nitrogens with zero attached hydrogens (tertiary/aromatic N) is 6. The van der Waals surface area contributed by atoms with E-state index in [1.807, 2.05) is 17.0 Å². The zero-order chi connectivity index (χ0) is 23.4. The van der Waals surface area contributed by atoms with Gasteiger partial charge in [0.25, 0.3) is 0 Å². The summed E-state index contributed by atoms with van der Waals surface area (Å²) in [6.07, 6.45) is 0. The van der Waals surface area contributed by atoms with E-state index in [9.17, 15) is 17.2 Å². The number of piperazine rings is 2. The van der Waals surface area contributed by atoms with Gasteiger partial charge in [-0.15, -0.1) is 10.2 Å². The van der Waals surface area contributed by atoms with Crippen LogP contribution in [0.1, 0.15) is 5.56 Å². The van der Waals surface area contributed by atoms with Crippen molar-refractivity contribution in [1.82, 2.24) is 19.4 Å². The molecule has 0 saturated carbocycles. The summed E-state index contributed by atoms with van der Waals surface area (Å²) in [5, 5.41) is 17.7. The van der Waals surface area contributed by atoms with Crippen molar-refractivity contribution in [3.63, 3.8) is 0 Å². The number of halogens is 2. The predicted molar refractivity (Wildman–Crippen MR) is 121 cm³/mol. The molecule has 4 rings (SSSR count). The number of aliphatic hydroxyl groups is 1. The first-order valence-corrected chi connectivity index (χ1v) is 12.6. The maximum atomic E-state index is 13.9. The molecule has 0 amide bonds. The summed E-state index contributed by atoms with van der Waals surface area (Å²) in [7, 11) is -3.77. The van der Waals surface area contributed by atoms with Crippen molar-refractivity contribution in [3.8, 4) is 0 Å². The molecule has 2 saturated heterocycles. The molecular formula is C21H28F2N6O3S. The molecule has 2 aliphatic rings. The lowest BCUT2D eigenvalue weighted by molar-refractivity contribution is 0.188. The Morgan fingerprint density at radius 3 is 1.97 bits per heavy atom. The standard InChI is InChI=1S/C21H28F2N6O3S/c22-18-1-2-19(23)17(15-18)16-33(31,32)29-11-9-28(10-12-29)21-4-3-20(24-25-21)27-7-5-26(6-8-27)13-14-30/h1-4,15,30H,5-14,16H2. The molecule has 0 radical (unpaired) electrons. The summed E-state index contributed by atoms with van der Waals surface area (Å²) in [5.41, 5.74) is -0.170. The molecule has 1 aromatic carbocycles. The quantitative estimate of drug-likeness (QED) is 0.611. The van der Waals surface area contributed by atoms with Crippen LogP contribution in [0.4, 0.5) is 20.4 Å². The summed E-state index contributed by atoms with van der Waals surface area (Å²) in [6, 6.07) is 6.63. The highest BCUT2D eigenvalue weighted by Gasteiger charge is 2.29. The minimum atomic E-state index is -3.77. The minimum absolute atomic E-state index is 0.158. The lowest BCUT2D eigenvalue weighted by Gasteiger charge is -2.36. The molecular weight excluding hydrogens is 454 g/mol. The molecule has 12 heteroatoms. The Bertz CT molecular complexity index is 1040. The summed E-state index contributed by atoms with van der Waals surface area (Å²) < 4.78 is 54.0. The Morgan fingerprint density at radius 1 is 0.848 bits per heavy atom. The first-order valence-electron chi connectivity index (χ1n) is 10.9. The SMILES string of the molecule is O=S(=O)(Cc1cc(F)ccc1F)N1CCN(c2ccc(N3CCN(CCO)CC3)nn2)CC1. The molecule has 1 N–H and O–H groups in total. The first-order chi connectivity index (χ1) is 15.9. The number of aromatic nitrogens is 2. The molecule has 0 unspecified atom stereocenters. The van der Waals surface area contributed by atoms with Gasteiger partial charge >= 0.3 is 0 Å². The molecule has 33 heavy (non-hydrogen) atoms. The maximum Gasteiger partial charge on any atom is 0.218 e. The van der Waals surface area contributed by atoms with Crippen LogP contribution >= 0.6 is 0 Å². The van der Waals surface area contributed by atoms with Gasteiger partial charge in [0.2, 0.25) is 10.0 Å². The fourth-order valence-electron chi connectivity index (χ4n) is 4.13. The highest BCUT2D eigenvalue weighted by molar-refractivity contribution is 7.88. The summed E-state index contributed by atoms with van der Waals surface area (Å²) in [6.45, 7) is 5.51. The van der Waals surface area contributed by atoms with Crippen LogP contribution < -0.4 is 9.80 Å². The van der Waals surface area contributed by atoms with Crippen molar-refractivity contribution in [3.05, 3.63) is 47.5 Å². The Balaban J connectivity index is 1.32. The molecule has 1 aromatic heterocycles. The number of hydrogen-bond donors (Lipinski definition) is 1. The summed E-state index contributed by atoms with van der Waals surface area (Å²) in [4.78, 5) is 6.32. The third kappa shape index (κ3) is 5.75. The third-order valence-electron chi connectivity index (χ3n) is 6.05. The summed E-state index contributed by atoms with van der Waals surface area (Å²) in [5.74, 6) is -0.507. The van der Waals surface area contributed by atoms with E-state index in [2.05, 4.69) is 20.0 Å². The topological polar surface area (TPSA) is 93.1 Å². The van der Waals surface area contributed by atoms with E-state index >= 15 is 0 Å². The first kappa shape index (κ1) is 23.7. The lowest BCUT2D eigenvalue weighted by atomic mass is 10.2. The van der Waals surface area contributed by atoms with Gasteiger partial charge in [0, 0.05) is 64.5 Å². The van der Waals surface area contributed by atoms with Crippen LogP contribution in [0.15, 0.2) is 30.3 Å². The normalized spacial score (nSPS) is 18.6. The molecule has 0 spiro atoms. The number of hydrogen-bond acceptors (Lipinski definition) is 8. The molecule has 3 heterocycles. The van der Waals surface area contributed by atoms with E-state index < -0.39 is 27.4 Å². The number of rotatable bonds is 7. The Morgan fingerprint density at radius 2 is 1.42 bits per heavy atom. The minimum Gasteiger partial charge on any atom is -0.395 e. The van der Waals surface area contributed by atoms with E-state index in [0.29, 0.717) is 25.5 Å². The molecule has 2 aliphatic heterocycles. The number of benzene rings is 1. The van der Waals surface area contributed by atoms with Crippen LogP contribution in [-0.2, 0) is 15.8 Å². The molecule has 9 nitrogen and oxygen atoms in total. The third-order valence-corrected chi connectivity index (χ3v) is 7.88. The van der Waals surface area contributed by atoms with Gasteiger partial charge in [-0.1, -0.05) is 0 Å². The van der Waals surface area contributed by atoms with Crippen molar-refractivity contribution in [2.24, 2.45) is 0 Å². The second-order valence-corrected chi connectivity index (χ2v) is 10.1. The number of anilines is 2. The van der Waals surface area contributed by atoms with E-state index in [-0.39, 0.29) is 25.3 Å². The van der Waals surface area contributed by atoms with E-state index in [1.54, 1.807) is 0 Å². The molecule has 180 valence electrons. The van der Waals surface area contributed by atoms with Gasteiger partial charge < -0.3 is 14.9 Å². The highest BCUT2D eigenvalue weighted by Crippen LogP contribution is 2.21. The van der Waals surface area contributed by atoms with Gasteiger partial charge in [-0.3, -0.25) is 4.90 Å². The fourth-order valence-corrected chi connectivity index (χ4v) is 5.65. The van der Waals surface area contributed by atoms with Gasteiger partial charge in [0.1, 0.15) is 11.6 Å². The lowest BCUT2D eigenvalue weighted by Crippen LogP contribution is -2.49. The molecule has 0 atom stereocenters. The Hall–Kier alpha value is -2.41. The molecule has 2 aromatic rings. The number of aliphatic hydroxyl groups excluding tert-OH is 1. The second kappa shape index (κ2) is 10.2. The van der Waals surface area contributed by atoms with Crippen molar-refractivity contribution < 1.29 is 22.3 Å². The number of sulfonamides is 1. The van der Waals surface area contributed by atoms with E-state index in [0.717, 1.165) is 50.2 Å². The smallest absolute Gasteiger partial charge is 0.218 e. The molecule has 0 bridgehead atoms. The van der Waals surface area contributed by atoms with Crippen LogP contribution in [0.3, 0.4) is 0 Å². The second-order valence-electron chi connectivity index (χ2n) is 8.18. The van der Waals surface area contributed by atoms with E-state index in [1.165, 1.54) is 4.31 Å². The predicted octanol–water partition coefficient (Wildman–Crippen LogP) is 0.521. The van der Waals surface area contributed by atoms with Crippen LogP contribution in [0.2, 0.25) is 0 Å². The van der Waals surface area contributed by atoms with Crippen molar-refractivity contribution in [1.29, 1.82) is 0 Å². The maximum absolute atomic E-state index is 13.9. The van der Waals surface area contributed by atoms with Crippen LogP contribution in [0.5, 0.6) is 0 Å². The zero-order valence-corrected chi connectivity index (χ0v) is 19.1. The van der Waals surface area contributed by atoms with Gasteiger partial charge in [0.05, 0.1) is 12.4 Å². The van der Waals surface area contributed by atoms with Crippen molar-refractivity contribution in [2.45, 2.75) is 5.75 Å². The average molecular weight is 483 g/mol. The average Bonchev–Trinajstić information content (AvgIpc) is 2.82. The van der Waals surface area contributed by atoms with Gasteiger partial charge in [-0.25, -0.2) is 17.2 Å². The van der Waals surface area contributed by atoms with Gasteiger partial charge in [-0.2, -0.15) is 4.31 Å². The van der Waals surface area contributed by atoms with E-state index in [4.69, 9.17) is 5.11 Å². The van der Waals surface area contributed by atoms with Crippen LogP contribution in [0, 0.1) is 11.6 Å².